The highest BCUT2D eigenvalue weighted by molar-refractivity contribution is 6.30. The van der Waals surface area contributed by atoms with Crippen LogP contribution in [0, 0.1) is 0 Å². The van der Waals surface area contributed by atoms with Gasteiger partial charge in [-0.05, 0) is 32.0 Å². The van der Waals surface area contributed by atoms with Crippen LogP contribution in [0.15, 0.2) is 24.3 Å². The van der Waals surface area contributed by atoms with E-state index >= 15 is 0 Å². The molecule has 0 aliphatic rings. The second-order valence-electron chi connectivity index (χ2n) is 4.80. The zero-order valence-corrected chi connectivity index (χ0v) is 14.8. The standard InChI is InChI=1S/C16H24ClN3O4/c1-3-18-15(21)23-10-8-20(9-11-24-16(22)19-4-2)14-7-5-6-13(17)12-14/h5-7,12H,3-4,8-11H2,1-2H3,(H,18,21)(H,19,22). The molecule has 0 aromatic heterocycles. The van der Waals surface area contributed by atoms with Crippen LogP contribution in [-0.4, -0.2) is 51.6 Å². The maximum Gasteiger partial charge on any atom is 0.407 e. The number of nitrogens with one attached hydrogen (secondary N) is 2. The molecule has 0 aliphatic carbocycles. The van der Waals surface area contributed by atoms with Gasteiger partial charge in [0, 0.05) is 23.8 Å². The first kappa shape index (κ1) is 19.9. The molecule has 0 saturated carbocycles. The molecule has 134 valence electrons. The largest absolute Gasteiger partial charge is 0.448 e. The molecule has 0 bridgehead atoms. The van der Waals surface area contributed by atoms with Gasteiger partial charge in [0.15, 0.2) is 0 Å². The van der Waals surface area contributed by atoms with Crippen molar-refractivity contribution in [2.24, 2.45) is 0 Å². The summed E-state index contributed by atoms with van der Waals surface area (Å²) in [6, 6.07) is 7.31. The van der Waals surface area contributed by atoms with E-state index in [1.807, 2.05) is 30.9 Å². The van der Waals surface area contributed by atoms with Gasteiger partial charge in [0.1, 0.15) is 13.2 Å². The molecular formula is C16H24ClN3O4. The van der Waals surface area contributed by atoms with Crippen LogP contribution in [0.25, 0.3) is 0 Å². The number of alkyl carbamates (subject to hydrolysis) is 2. The van der Waals surface area contributed by atoms with Gasteiger partial charge in [0.2, 0.25) is 0 Å². The van der Waals surface area contributed by atoms with Crippen LogP contribution in [0.3, 0.4) is 0 Å². The minimum Gasteiger partial charge on any atom is -0.448 e. The number of nitrogens with zero attached hydrogens (tertiary/aromatic N) is 1. The summed E-state index contributed by atoms with van der Waals surface area (Å²) in [4.78, 5) is 24.6. The van der Waals surface area contributed by atoms with Crippen molar-refractivity contribution >= 4 is 29.5 Å². The SMILES string of the molecule is CCNC(=O)OCCN(CCOC(=O)NCC)c1cccc(Cl)c1. The first-order valence-corrected chi connectivity index (χ1v) is 8.26. The lowest BCUT2D eigenvalue weighted by Gasteiger charge is -2.24. The van der Waals surface area contributed by atoms with Crippen LogP contribution < -0.4 is 15.5 Å². The first-order chi connectivity index (χ1) is 11.6. The molecule has 0 spiro atoms. The van der Waals surface area contributed by atoms with Crippen LogP contribution in [0.4, 0.5) is 15.3 Å². The Bertz CT molecular complexity index is 504. The molecule has 24 heavy (non-hydrogen) atoms. The van der Waals surface area contributed by atoms with Crippen molar-refractivity contribution in [1.82, 2.24) is 10.6 Å². The average molecular weight is 358 g/mol. The highest BCUT2D eigenvalue weighted by atomic mass is 35.5. The predicted octanol–water partition coefficient (Wildman–Crippen LogP) is 2.64. The molecular weight excluding hydrogens is 334 g/mol. The molecule has 0 atom stereocenters. The van der Waals surface area contributed by atoms with Gasteiger partial charge in [-0.3, -0.25) is 0 Å². The van der Waals surface area contributed by atoms with Crippen LogP contribution >= 0.6 is 11.6 Å². The molecule has 2 N–H and O–H groups in total. The fourth-order valence-electron chi connectivity index (χ4n) is 1.93. The first-order valence-electron chi connectivity index (χ1n) is 7.88. The second kappa shape index (κ2) is 11.4. The lowest BCUT2D eigenvalue weighted by Crippen LogP contribution is -2.34. The van der Waals surface area contributed by atoms with Crippen molar-refractivity contribution in [2.45, 2.75) is 13.8 Å². The summed E-state index contributed by atoms with van der Waals surface area (Å²) in [6.45, 7) is 5.98. The molecule has 1 aromatic rings. The molecule has 0 unspecified atom stereocenters. The van der Waals surface area contributed by atoms with E-state index in [1.54, 1.807) is 12.1 Å². The van der Waals surface area contributed by atoms with E-state index in [2.05, 4.69) is 10.6 Å². The van der Waals surface area contributed by atoms with Gasteiger partial charge < -0.3 is 25.0 Å². The third-order valence-electron chi connectivity index (χ3n) is 3.00. The van der Waals surface area contributed by atoms with Gasteiger partial charge in [-0.2, -0.15) is 0 Å². The molecule has 1 rings (SSSR count). The summed E-state index contributed by atoms with van der Waals surface area (Å²) < 4.78 is 10.2. The predicted molar refractivity (Wildman–Crippen MR) is 93.7 cm³/mol. The third-order valence-corrected chi connectivity index (χ3v) is 3.24. The summed E-state index contributed by atoms with van der Waals surface area (Å²) in [7, 11) is 0. The van der Waals surface area contributed by atoms with Gasteiger partial charge >= 0.3 is 12.2 Å². The Morgan fingerprint density at radius 1 is 1.04 bits per heavy atom. The lowest BCUT2D eigenvalue weighted by atomic mass is 10.3. The fraction of sp³-hybridized carbons (Fsp3) is 0.500. The van der Waals surface area contributed by atoms with E-state index in [1.165, 1.54) is 0 Å². The molecule has 0 radical (unpaired) electrons. The van der Waals surface area contributed by atoms with Gasteiger partial charge in [-0.1, -0.05) is 17.7 Å². The number of carbonyl (C=O) groups is 2. The summed E-state index contributed by atoms with van der Waals surface area (Å²) >= 11 is 6.02. The molecule has 1 aromatic carbocycles. The Balaban J connectivity index is 2.56. The number of benzene rings is 1. The molecule has 0 saturated heterocycles. The zero-order chi connectivity index (χ0) is 17.8. The molecule has 2 amide bonds. The Kier molecular flexibility index (Phi) is 9.45. The number of anilines is 1. The number of ether oxygens (including phenoxy) is 2. The minimum absolute atomic E-state index is 0.208. The highest BCUT2D eigenvalue weighted by Gasteiger charge is 2.10. The van der Waals surface area contributed by atoms with Gasteiger partial charge in [0.25, 0.3) is 0 Å². The number of rotatable bonds is 9. The number of halogens is 1. The Labute approximate surface area is 147 Å². The van der Waals surface area contributed by atoms with Gasteiger partial charge in [0.05, 0.1) is 13.1 Å². The van der Waals surface area contributed by atoms with Crippen molar-refractivity contribution in [2.75, 3.05) is 44.3 Å². The zero-order valence-electron chi connectivity index (χ0n) is 14.0. The molecule has 8 heteroatoms. The summed E-state index contributed by atoms with van der Waals surface area (Å²) in [5.74, 6) is 0. The van der Waals surface area contributed by atoms with E-state index in [0.717, 1.165) is 5.69 Å². The average Bonchev–Trinajstić information content (AvgIpc) is 2.54. The van der Waals surface area contributed by atoms with E-state index < -0.39 is 12.2 Å². The van der Waals surface area contributed by atoms with Crippen LogP contribution in [0.1, 0.15) is 13.8 Å². The number of carbonyl (C=O) groups excluding carboxylic acids is 2. The summed E-state index contributed by atoms with van der Waals surface area (Å²) in [6.07, 6.45) is -0.913. The third kappa shape index (κ3) is 7.92. The second-order valence-corrected chi connectivity index (χ2v) is 5.24. The number of hydrogen-bond acceptors (Lipinski definition) is 5. The van der Waals surface area contributed by atoms with Crippen LogP contribution in [-0.2, 0) is 9.47 Å². The Morgan fingerprint density at radius 2 is 1.58 bits per heavy atom. The topological polar surface area (TPSA) is 79.9 Å². The number of hydrogen-bond donors (Lipinski definition) is 2. The van der Waals surface area contributed by atoms with E-state index in [0.29, 0.717) is 31.2 Å². The highest BCUT2D eigenvalue weighted by Crippen LogP contribution is 2.19. The van der Waals surface area contributed by atoms with E-state index in [9.17, 15) is 9.59 Å². The summed E-state index contributed by atoms with van der Waals surface area (Å²) in [5.41, 5.74) is 0.862. The van der Waals surface area contributed by atoms with Gasteiger partial charge in [-0.15, -0.1) is 0 Å². The maximum absolute atomic E-state index is 11.3. The van der Waals surface area contributed by atoms with Crippen molar-refractivity contribution in [3.8, 4) is 0 Å². The van der Waals surface area contributed by atoms with Crippen molar-refractivity contribution in [3.63, 3.8) is 0 Å². The van der Waals surface area contributed by atoms with Crippen molar-refractivity contribution in [3.05, 3.63) is 29.3 Å². The van der Waals surface area contributed by atoms with E-state index in [4.69, 9.17) is 21.1 Å². The minimum atomic E-state index is -0.456. The molecule has 0 aliphatic heterocycles. The normalized spacial score (nSPS) is 9.96. The molecule has 0 heterocycles. The Hall–Kier alpha value is -2.15. The van der Waals surface area contributed by atoms with Crippen molar-refractivity contribution in [1.29, 1.82) is 0 Å². The van der Waals surface area contributed by atoms with Crippen LogP contribution in [0.2, 0.25) is 5.02 Å². The monoisotopic (exact) mass is 357 g/mol. The van der Waals surface area contributed by atoms with E-state index in [-0.39, 0.29) is 13.2 Å². The molecule has 7 nitrogen and oxygen atoms in total. The smallest absolute Gasteiger partial charge is 0.407 e. The number of amides is 2. The van der Waals surface area contributed by atoms with Gasteiger partial charge in [-0.25, -0.2) is 9.59 Å². The quantitative estimate of drug-likeness (QED) is 0.710. The van der Waals surface area contributed by atoms with Crippen LogP contribution in [0.5, 0.6) is 0 Å². The summed E-state index contributed by atoms with van der Waals surface area (Å²) in [5, 5.41) is 5.73. The Morgan fingerprint density at radius 3 is 2.04 bits per heavy atom. The fourth-order valence-corrected chi connectivity index (χ4v) is 2.12. The van der Waals surface area contributed by atoms with Crippen molar-refractivity contribution < 1.29 is 19.1 Å². The lowest BCUT2D eigenvalue weighted by molar-refractivity contribution is 0.144. The molecule has 0 fully saturated rings. The maximum atomic E-state index is 11.3.